The molecule has 16 heavy (non-hydrogen) atoms. The van der Waals surface area contributed by atoms with Crippen LogP contribution in [-0.4, -0.2) is 24.9 Å². The number of fused-ring (bicyclic) bond motifs is 1. The molecule has 1 aromatic heterocycles. The number of benzene rings is 1. The summed E-state index contributed by atoms with van der Waals surface area (Å²) in [5.74, 6) is -0.348. The lowest BCUT2D eigenvalue weighted by Crippen LogP contribution is -2.23. The first-order valence-electron chi connectivity index (χ1n) is 4.93. The Hall–Kier alpha value is -1.84. The topological polar surface area (TPSA) is 33.5 Å². The highest BCUT2D eigenvalue weighted by molar-refractivity contribution is 5.87. The number of rotatable bonds is 2. The summed E-state index contributed by atoms with van der Waals surface area (Å²) in [6, 6.07) is 4.31. The summed E-state index contributed by atoms with van der Waals surface area (Å²) in [5, 5.41) is 0.789. The Morgan fingerprint density at radius 2 is 2.19 bits per heavy atom. The van der Waals surface area contributed by atoms with E-state index in [2.05, 4.69) is 0 Å². The molecular weight excluding hydrogens is 209 g/mol. The minimum absolute atomic E-state index is 0.00738. The van der Waals surface area contributed by atoms with E-state index in [-0.39, 0.29) is 18.1 Å². The summed E-state index contributed by atoms with van der Waals surface area (Å²) in [4.78, 5) is 13.0. The lowest BCUT2D eigenvalue weighted by atomic mass is 10.1. The second kappa shape index (κ2) is 3.96. The van der Waals surface area contributed by atoms with Crippen LogP contribution in [-0.2, 0) is 11.2 Å². The third kappa shape index (κ3) is 1.91. The van der Waals surface area contributed by atoms with Gasteiger partial charge in [-0.3, -0.25) is 4.79 Å². The average Bonchev–Trinajstić information content (AvgIpc) is 2.60. The van der Waals surface area contributed by atoms with Crippen molar-refractivity contribution in [2.75, 3.05) is 14.1 Å². The van der Waals surface area contributed by atoms with Gasteiger partial charge in [0.25, 0.3) is 0 Å². The van der Waals surface area contributed by atoms with E-state index < -0.39 is 0 Å². The predicted molar refractivity (Wildman–Crippen MR) is 58.6 cm³/mol. The summed E-state index contributed by atoms with van der Waals surface area (Å²) in [6.45, 7) is 0. The van der Waals surface area contributed by atoms with Crippen LogP contribution in [0, 0.1) is 5.82 Å². The average molecular weight is 221 g/mol. The number of carbonyl (C=O) groups is 1. The van der Waals surface area contributed by atoms with Crippen molar-refractivity contribution in [2.45, 2.75) is 6.42 Å². The summed E-state index contributed by atoms with van der Waals surface area (Å²) in [7, 11) is 3.40. The Labute approximate surface area is 92.5 Å². The molecule has 0 saturated heterocycles. The van der Waals surface area contributed by atoms with Crippen LogP contribution in [0.4, 0.5) is 4.39 Å². The number of furan rings is 1. The molecule has 2 rings (SSSR count). The Bertz CT molecular complexity index is 531. The number of carbonyl (C=O) groups excluding carboxylic acids is 1. The molecule has 0 atom stereocenters. The molecule has 0 aliphatic heterocycles. The molecule has 1 amide bonds. The summed E-state index contributed by atoms with van der Waals surface area (Å²) in [6.07, 6.45) is 1.77. The van der Waals surface area contributed by atoms with Crippen molar-refractivity contribution in [3.8, 4) is 0 Å². The lowest BCUT2D eigenvalue weighted by Gasteiger charge is -2.08. The molecule has 0 N–H and O–H groups in total. The highest BCUT2D eigenvalue weighted by Gasteiger charge is 2.11. The van der Waals surface area contributed by atoms with E-state index in [0.717, 1.165) is 10.9 Å². The van der Waals surface area contributed by atoms with Crippen LogP contribution in [0.2, 0.25) is 0 Å². The van der Waals surface area contributed by atoms with Gasteiger partial charge in [-0.25, -0.2) is 4.39 Å². The van der Waals surface area contributed by atoms with E-state index in [1.807, 2.05) is 0 Å². The number of likely N-dealkylation sites (N-methyl/N-ethyl adjacent to an activating group) is 1. The molecule has 0 unspecified atom stereocenters. The molecule has 0 aliphatic rings. The van der Waals surface area contributed by atoms with Crippen LogP contribution < -0.4 is 0 Å². The number of nitrogens with zero attached hydrogens (tertiary/aromatic N) is 1. The predicted octanol–water partition coefficient (Wildman–Crippen LogP) is 2.20. The zero-order valence-corrected chi connectivity index (χ0v) is 9.16. The fourth-order valence-electron chi connectivity index (χ4n) is 1.51. The Morgan fingerprint density at radius 3 is 2.88 bits per heavy atom. The van der Waals surface area contributed by atoms with Gasteiger partial charge in [-0.1, -0.05) is 0 Å². The van der Waals surface area contributed by atoms with Crippen LogP contribution >= 0.6 is 0 Å². The molecule has 0 fully saturated rings. The molecule has 3 nitrogen and oxygen atoms in total. The summed E-state index contributed by atoms with van der Waals surface area (Å²) in [5.41, 5.74) is 1.26. The molecule has 0 radical (unpaired) electrons. The SMILES string of the molecule is CN(C)C(=O)Cc1coc2cc(F)ccc12. The quantitative estimate of drug-likeness (QED) is 0.779. The van der Waals surface area contributed by atoms with E-state index in [1.165, 1.54) is 23.3 Å². The van der Waals surface area contributed by atoms with Gasteiger partial charge < -0.3 is 9.32 Å². The molecular formula is C12H12FNO2. The Kier molecular flexibility index (Phi) is 2.64. The normalized spacial score (nSPS) is 10.7. The summed E-state index contributed by atoms with van der Waals surface area (Å²) >= 11 is 0. The van der Waals surface area contributed by atoms with Gasteiger partial charge in [0.1, 0.15) is 11.4 Å². The number of hydrogen-bond donors (Lipinski definition) is 0. The largest absolute Gasteiger partial charge is 0.464 e. The molecule has 2 aromatic rings. The van der Waals surface area contributed by atoms with Crippen molar-refractivity contribution in [1.29, 1.82) is 0 Å². The maximum absolute atomic E-state index is 12.9. The van der Waals surface area contributed by atoms with Crippen molar-refractivity contribution in [2.24, 2.45) is 0 Å². The van der Waals surface area contributed by atoms with Gasteiger partial charge in [0, 0.05) is 31.1 Å². The van der Waals surface area contributed by atoms with Gasteiger partial charge in [0.15, 0.2) is 0 Å². The fraction of sp³-hybridized carbons (Fsp3) is 0.250. The third-order valence-electron chi connectivity index (χ3n) is 2.46. The fourth-order valence-corrected chi connectivity index (χ4v) is 1.51. The van der Waals surface area contributed by atoms with E-state index in [4.69, 9.17) is 4.42 Å². The monoisotopic (exact) mass is 221 g/mol. The minimum Gasteiger partial charge on any atom is -0.464 e. The molecule has 0 spiro atoms. The maximum atomic E-state index is 12.9. The van der Waals surface area contributed by atoms with Crippen molar-refractivity contribution in [1.82, 2.24) is 4.90 Å². The van der Waals surface area contributed by atoms with Gasteiger partial charge in [0.05, 0.1) is 12.7 Å². The third-order valence-corrected chi connectivity index (χ3v) is 2.46. The molecule has 0 saturated carbocycles. The molecule has 4 heteroatoms. The van der Waals surface area contributed by atoms with Crippen molar-refractivity contribution < 1.29 is 13.6 Å². The van der Waals surface area contributed by atoms with Crippen LogP contribution in [0.3, 0.4) is 0 Å². The molecule has 0 aliphatic carbocycles. The zero-order valence-electron chi connectivity index (χ0n) is 9.16. The first-order valence-corrected chi connectivity index (χ1v) is 4.93. The van der Waals surface area contributed by atoms with Gasteiger partial charge in [-0.05, 0) is 12.1 Å². The Balaban J connectivity index is 2.35. The van der Waals surface area contributed by atoms with Gasteiger partial charge >= 0.3 is 0 Å². The second-order valence-corrected chi connectivity index (χ2v) is 3.87. The Morgan fingerprint density at radius 1 is 1.44 bits per heavy atom. The molecule has 84 valence electrons. The van der Waals surface area contributed by atoms with E-state index in [0.29, 0.717) is 5.58 Å². The highest BCUT2D eigenvalue weighted by atomic mass is 19.1. The number of halogens is 1. The first-order chi connectivity index (χ1) is 7.58. The first kappa shape index (κ1) is 10.7. The van der Waals surface area contributed by atoms with Gasteiger partial charge in [-0.2, -0.15) is 0 Å². The smallest absolute Gasteiger partial charge is 0.226 e. The zero-order chi connectivity index (χ0) is 11.7. The van der Waals surface area contributed by atoms with Crippen LogP contribution in [0.25, 0.3) is 11.0 Å². The van der Waals surface area contributed by atoms with Crippen molar-refractivity contribution in [3.05, 3.63) is 35.8 Å². The lowest BCUT2D eigenvalue weighted by molar-refractivity contribution is -0.127. The van der Waals surface area contributed by atoms with Gasteiger partial charge in [0.2, 0.25) is 5.91 Å². The molecule has 1 heterocycles. The number of amides is 1. The maximum Gasteiger partial charge on any atom is 0.226 e. The van der Waals surface area contributed by atoms with Crippen LogP contribution in [0.1, 0.15) is 5.56 Å². The van der Waals surface area contributed by atoms with Crippen molar-refractivity contribution >= 4 is 16.9 Å². The highest BCUT2D eigenvalue weighted by Crippen LogP contribution is 2.22. The van der Waals surface area contributed by atoms with Crippen LogP contribution in [0.15, 0.2) is 28.9 Å². The summed E-state index contributed by atoms with van der Waals surface area (Å²) < 4.78 is 18.1. The van der Waals surface area contributed by atoms with E-state index in [1.54, 1.807) is 20.2 Å². The molecule has 1 aromatic carbocycles. The van der Waals surface area contributed by atoms with Gasteiger partial charge in [-0.15, -0.1) is 0 Å². The minimum atomic E-state index is -0.340. The van der Waals surface area contributed by atoms with Crippen LogP contribution in [0.5, 0.6) is 0 Å². The van der Waals surface area contributed by atoms with Crippen molar-refractivity contribution in [3.63, 3.8) is 0 Å². The van der Waals surface area contributed by atoms with E-state index >= 15 is 0 Å². The number of hydrogen-bond acceptors (Lipinski definition) is 2. The molecule has 0 bridgehead atoms. The van der Waals surface area contributed by atoms with E-state index in [9.17, 15) is 9.18 Å². The second-order valence-electron chi connectivity index (χ2n) is 3.87. The standard InChI is InChI=1S/C12H12FNO2/c1-14(2)12(15)5-8-7-16-11-6-9(13)3-4-10(8)11/h3-4,6-7H,5H2,1-2H3.